The van der Waals surface area contributed by atoms with Crippen LogP contribution >= 0.6 is 0 Å². The molecule has 12 heteroatoms. The summed E-state index contributed by atoms with van der Waals surface area (Å²) in [7, 11) is 7.84. The fourth-order valence-corrected chi connectivity index (χ4v) is 4.33. The molecule has 0 aromatic heterocycles. The summed E-state index contributed by atoms with van der Waals surface area (Å²) in [6, 6.07) is 27.2. The van der Waals surface area contributed by atoms with E-state index in [1.54, 1.807) is 48.5 Å². The van der Waals surface area contributed by atoms with Crippen LogP contribution < -0.4 is 20.4 Å². The molecule has 1 unspecified atom stereocenters. The van der Waals surface area contributed by atoms with E-state index in [0.29, 0.717) is 40.3 Å². The molecule has 0 heterocycles. The molecule has 0 spiro atoms. The lowest BCUT2D eigenvalue weighted by Gasteiger charge is -2.15. The molecule has 0 fully saturated rings. The summed E-state index contributed by atoms with van der Waals surface area (Å²) in [4.78, 5) is 41.1. The van der Waals surface area contributed by atoms with Crippen LogP contribution in [0.25, 0.3) is 0 Å². The first-order chi connectivity index (χ1) is 22.6. The third kappa shape index (κ3) is 10.3. The second-order valence-corrected chi connectivity index (χ2v) is 11.1. The van der Waals surface area contributed by atoms with Crippen molar-refractivity contribution >= 4 is 51.9 Å². The number of hydrogen-bond donors (Lipinski definition) is 3. The molecule has 0 bridgehead atoms. The van der Waals surface area contributed by atoms with E-state index in [4.69, 9.17) is 0 Å². The SMILES string of the molecule is CN(C)c1ccc(/N=N/c2ccc(C(=O)NCCCC(NC(=O)c3ccc(/N=N/c4ccc(N(C)C)cc4)cc3)C(=O)O)cc2)cc1. The van der Waals surface area contributed by atoms with Gasteiger partial charge in [-0.1, -0.05) is 0 Å². The Kier molecular flexibility index (Phi) is 11.9. The maximum atomic E-state index is 12.7. The number of amides is 2. The first-order valence-corrected chi connectivity index (χ1v) is 15.0. The average Bonchev–Trinajstić information content (AvgIpc) is 3.08. The van der Waals surface area contributed by atoms with E-state index in [9.17, 15) is 19.5 Å². The molecule has 0 aliphatic carbocycles. The van der Waals surface area contributed by atoms with Gasteiger partial charge in [-0.05, 0) is 110 Å². The van der Waals surface area contributed by atoms with Crippen molar-refractivity contribution in [2.75, 3.05) is 44.5 Å². The lowest BCUT2D eigenvalue weighted by molar-refractivity contribution is -0.139. The topological polar surface area (TPSA) is 151 Å². The van der Waals surface area contributed by atoms with E-state index < -0.39 is 17.9 Å². The largest absolute Gasteiger partial charge is 0.480 e. The minimum Gasteiger partial charge on any atom is -0.480 e. The van der Waals surface area contributed by atoms with Gasteiger partial charge in [0.05, 0.1) is 22.7 Å². The van der Waals surface area contributed by atoms with Gasteiger partial charge in [0, 0.05) is 57.2 Å². The lowest BCUT2D eigenvalue weighted by Crippen LogP contribution is -2.41. The highest BCUT2D eigenvalue weighted by atomic mass is 16.4. The standard InChI is InChI=1S/C35H38N8O4/c1-42(2)30-19-15-28(16-20-30)40-38-26-11-7-24(8-12-26)33(44)36-23-5-6-32(35(46)47)37-34(45)25-9-13-27(14-10-25)39-41-29-17-21-31(22-18-29)43(3)4/h7-22,32H,5-6,23H2,1-4H3,(H,36,44)(H,37,45)(H,46,47)/b40-38+,41-39+. The molecule has 242 valence electrons. The number of anilines is 2. The number of carbonyl (C=O) groups excluding carboxylic acids is 2. The number of nitrogens with zero attached hydrogens (tertiary/aromatic N) is 6. The molecule has 1 atom stereocenters. The molecule has 3 N–H and O–H groups in total. The normalized spacial score (nSPS) is 11.7. The van der Waals surface area contributed by atoms with Crippen LogP contribution in [0.15, 0.2) is 118 Å². The number of rotatable bonds is 14. The van der Waals surface area contributed by atoms with Crippen LogP contribution in [0, 0.1) is 0 Å². The molecule has 4 aromatic carbocycles. The molecule has 0 saturated heterocycles. The zero-order chi connectivity index (χ0) is 33.8. The van der Waals surface area contributed by atoms with Crippen LogP contribution in [0.2, 0.25) is 0 Å². The second kappa shape index (κ2) is 16.4. The molecule has 47 heavy (non-hydrogen) atoms. The Morgan fingerprint density at radius 2 is 0.957 bits per heavy atom. The lowest BCUT2D eigenvalue weighted by atomic mass is 10.1. The van der Waals surface area contributed by atoms with Crippen molar-refractivity contribution in [1.29, 1.82) is 0 Å². The molecule has 0 aliphatic heterocycles. The molecule has 0 aliphatic rings. The number of hydrogen-bond acceptors (Lipinski definition) is 9. The summed E-state index contributed by atoms with van der Waals surface area (Å²) < 4.78 is 0. The Balaban J connectivity index is 1.21. The van der Waals surface area contributed by atoms with Gasteiger partial charge < -0.3 is 25.5 Å². The molecule has 0 radical (unpaired) electrons. The summed E-state index contributed by atoms with van der Waals surface area (Å²) >= 11 is 0. The van der Waals surface area contributed by atoms with E-state index >= 15 is 0 Å². The van der Waals surface area contributed by atoms with Crippen LogP contribution in [0.1, 0.15) is 33.6 Å². The third-order valence-corrected chi connectivity index (χ3v) is 7.11. The first-order valence-electron chi connectivity index (χ1n) is 15.0. The van der Waals surface area contributed by atoms with E-state index in [1.807, 2.05) is 86.5 Å². The molecule has 0 saturated carbocycles. The maximum Gasteiger partial charge on any atom is 0.326 e. The van der Waals surface area contributed by atoms with Crippen LogP contribution in [0.3, 0.4) is 0 Å². The van der Waals surface area contributed by atoms with E-state index in [1.165, 1.54) is 0 Å². The summed E-state index contributed by atoms with van der Waals surface area (Å²) in [6.07, 6.45) is 0.478. The maximum absolute atomic E-state index is 12.7. The number of carbonyl (C=O) groups is 3. The van der Waals surface area contributed by atoms with Gasteiger partial charge in [0.1, 0.15) is 6.04 Å². The zero-order valence-electron chi connectivity index (χ0n) is 26.8. The van der Waals surface area contributed by atoms with Gasteiger partial charge in [0.15, 0.2) is 0 Å². The number of azo groups is 2. The van der Waals surface area contributed by atoms with Gasteiger partial charge in [0.2, 0.25) is 0 Å². The van der Waals surface area contributed by atoms with Gasteiger partial charge in [-0.2, -0.15) is 20.5 Å². The number of nitrogens with one attached hydrogen (secondary N) is 2. The highest BCUT2D eigenvalue weighted by Gasteiger charge is 2.20. The summed E-state index contributed by atoms with van der Waals surface area (Å²) in [5, 5.41) is 31.8. The second-order valence-electron chi connectivity index (χ2n) is 11.1. The van der Waals surface area contributed by atoms with Crippen LogP contribution in [-0.2, 0) is 4.79 Å². The van der Waals surface area contributed by atoms with Crippen molar-refractivity contribution in [3.63, 3.8) is 0 Å². The van der Waals surface area contributed by atoms with Crippen LogP contribution in [0.4, 0.5) is 34.1 Å². The number of benzene rings is 4. The predicted molar refractivity (Wildman–Crippen MR) is 183 cm³/mol. The number of aliphatic carboxylic acids is 1. The Hall–Kier alpha value is -5.91. The van der Waals surface area contributed by atoms with Gasteiger partial charge >= 0.3 is 5.97 Å². The first kappa shape index (κ1) is 34.0. The fourth-order valence-electron chi connectivity index (χ4n) is 4.33. The smallest absolute Gasteiger partial charge is 0.326 e. The van der Waals surface area contributed by atoms with Gasteiger partial charge in [-0.25, -0.2) is 4.79 Å². The van der Waals surface area contributed by atoms with Crippen molar-refractivity contribution in [3.05, 3.63) is 108 Å². The van der Waals surface area contributed by atoms with Crippen LogP contribution in [0.5, 0.6) is 0 Å². The highest BCUT2D eigenvalue weighted by Crippen LogP contribution is 2.23. The van der Waals surface area contributed by atoms with Crippen molar-refractivity contribution in [3.8, 4) is 0 Å². The van der Waals surface area contributed by atoms with Crippen molar-refractivity contribution in [2.45, 2.75) is 18.9 Å². The fraction of sp³-hybridized carbons (Fsp3) is 0.229. The molecule has 2 amide bonds. The van der Waals surface area contributed by atoms with E-state index in [-0.39, 0.29) is 18.9 Å². The van der Waals surface area contributed by atoms with E-state index in [2.05, 4.69) is 31.1 Å². The van der Waals surface area contributed by atoms with Crippen molar-refractivity contribution in [2.24, 2.45) is 20.5 Å². The van der Waals surface area contributed by atoms with Crippen LogP contribution in [-0.4, -0.2) is 63.7 Å². The third-order valence-electron chi connectivity index (χ3n) is 7.11. The summed E-state index contributed by atoms with van der Waals surface area (Å²) in [5.74, 6) is -1.98. The highest BCUT2D eigenvalue weighted by molar-refractivity contribution is 5.97. The number of carboxylic acid groups (broad SMARTS) is 1. The minimum absolute atomic E-state index is 0.134. The monoisotopic (exact) mass is 634 g/mol. The Morgan fingerprint density at radius 3 is 1.32 bits per heavy atom. The molecular weight excluding hydrogens is 596 g/mol. The van der Waals surface area contributed by atoms with E-state index in [0.717, 1.165) is 11.4 Å². The van der Waals surface area contributed by atoms with Gasteiger partial charge in [-0.15, -0.1) is 0 Å². The van der Waals surface area contributed by atoms with Gasteiger partial charge in [-0.3, -0.25) is 9.59 Å². The van der Waals surface area contributed by atoms with Crippen molar-refractivity contribution in [1.82, 2.24) is 10.6 Å². The Bertz CT molecular complexity index is 1700. The Morgan fingerprint density at radius 1 is 0.596 bits per heavy atom. The van der Waals surface area contributed by atoms with Crippen molar-refractivity contribution < 1.29 is 19.5 Å². The Labute approximate surface area is 273 Å². The van der Waals surface area contributed by atoms with Gasteiger partial charge in [0.25, 0.3) is 11.8 Å². The average molecular weight is 635 g/mol. The summed E-state index contributed by atoms with van der Waals surface area (Å²) in [5.41, 5.74) is 5.40. The minimum atomic E-state index is -1.16. The summed E-state index contributed by atoms with van der Waals surface area (Å²) in [6.45, 7) is 0.237. The molecule has 4 aromatic rings. The molecule has 12 nitrogen and oxygen atoms in total. The molecular formula is C35H38N8O4. The molecule has 4 rings (SSSR count). The number of carboxylic acids is 1. The predicted octanol–water partition coefficient (Wildman–Crippen LogP) is 7.04. The quantitative estimate of drug-likeness (QED) is 0.0999. The zero-order valence-corrected chi connectivity index (χ0v) is 26.8.